The van der Waals surface area contributed by atoms with E-state index in [4.69, 9.17) is 10.7 Å². The molecule has 82 valence electrons. The van der Waals surface area contributed by atoms with Gasteiger partial charge in [-0.3, -0.25) is 10.8 Å². The summed E-state index contributed by atoms with van der Waals surface area (Å²) in [5.74, 6) is 0. The summed E-state index contributed by atoms with van der Waals surface area (Å²) in [4.78, 5) is 0. The molecule has 4 nitrogen and oxygen atoms in total. The highest BCUT2D eigenvalue weighted by Gasteiger charge is 2.04. The van der Waals surface area contributed by atoms with E-state index in [-0.39, 0.29) is 10.8 Å². The van der Waals surface area contributed by atoms with Gasteiger partial charge in [-0.15, -0.1) is 11.8 Å². The highest BCUT2D eigenvalue weighted by atomic mass is 79.9. The number of nitrogens with one attached hydrogen (secondary N) is 2. The van der Waals surface area contributed by atoms with Gasteiger partial charge in [0, 0.05) is 4.47 Å². The normalized spacial score (nSPS) is 10.7. The van der Waals surface area contributed by atoms with E-state index in [1.165, 1.54) is 11.8 Å². The molecule has 2 N–H and O–H groups in total. The smallest absolute Gasteiger partial charge is 0.192 e. The number of nitriles is 1. The first-order valence-electron chi connectivity index (χ1n) is 4.29. The number of thioether (sulfide) groups is 1. The number of rotatable bonds is 3. The number of halogens is 1. The number of nitrogens with zero attached hydrogens (tertiary/aromatic N) is 2. The molecule has 0 bridgehead atoms. The maximum Gasteiger partial charge on any atom is 0.192 e. The zero-order valence-corrected chi connectivity index (χ0v) is 10.9. The molecular formula is C10H9BrN4S. The molecule has 6 heteroatoms. The Morgan fingerprint density at radius 2 is 2.12 bits per heavy atom. The number of hydrogen-bond donors (Lipinski definition) is 2. The highest BCUT2D eigenvalue weighted by Crippen LogP contribution is 2.14. The number of hydrazone groups is 1. The van der Waals surface area contributed by atoms with Gasteiger partial charge in [-0.05, 0) is 30.5 Å². The number of benzene rings is 1. The molecule has 0 unspecified atom stereocenters. The molecule has 0 heterocycles. The Morgan fingerprint density at radius 3 is 2.62 bits per heavy atom. The molecule has 0 saturated carbocycles. The molecule has 0 fully saturated rings. The second-order valence-electron chi connectivity index (χ2n) is 2.72. The van der Waals surface area contributed by atoms with Crippen LogP contribution in [-0.2, 0) is 0 Å². The molecule has 0 amide bonds. The molecule has 1 aromatic carbocycles. The van der Waals surface area contributed by atoms with E-state index in [0.29, 0.717) is 0 Å². The average Bonchev–Trinajstić information content (AvgIpc) is 2.31. The summed E-state index contributed by atoms with van der Waals surface area (Å²) in [7, 11) is 0. The first kappa shape index (κ1) is 12.7. The van der Waals surface area contributed by atoms with Crippen LogP contribution in [0.15, 0.2) is 33.8 Å². The summed E-state index contributed by atoms with van der Waals surface area (Å²) in [5.41, 5.74) is 3.58. The molecule has 0 aliphatic rings. The highest BCUT2D eigenvalue weighted by molar-refractivity contribution is 9.10. The number of anilines is 1. The average molecular weight is 297 g/mol. The fourth-order valence-corrected chi connectivity index (χ4v) is 1.42. The summed E-state index contributed by atoms with van der Waals surface area (Å²) < 4.78 is 0.972. The van der Waals surface area contributed by atoms with Crippen molar-refractivity contribution in [1.29, 1.82) is 10.7 Å². The fraction of sp³-hybridized carbons (Fsp3) is 0.100. The van der Waals surface area contributed by atoms with Gasteiger partial charge in [-0.2, -0.15) is 10.4 Å². The minimum Gasteiger partial charge on any atom is -0.291 e. The molecule has 1 aromatic rings. The Hall–Kier alpha value is -1.32. The van der Waals surface area contributed by atoms with Gasteiger partial charge in [0.15, 0.2) is 5.71 Å². The van der Waals surface area contributed by atoms with Gasteiger partial charge < -0.3 is 0 Å². The van der Waals surface area contributed by atoms with E-state index >= 15 is 0 Å². The van der Waals surface area contributed by atoms with Crippen molar-refractivity contribution in [2.75, 3.05) is 11.7 Å². The Kier molecular flexibility index (Phi) is 5.02. The van der Waals surface area contributed by atoms with Gasteiger partial charge in [0.1, 0.15) is 11.1 Å². The first-order valence-corrected chi connectivity index (χ1v) is 6.31. The van der Waals surface area contributed by atoms with Crippen LogP contribution < -0.4 is 5.43 Å². The fourth-order valence-electron chi connectivity index (χ4n) is 0.868. The van der Waals surface area contributed by atoms with E-state index in [0.717, 1.165) is 10.2 Å². The second-order valence-corrected chi connectivity index (χ2v) is 4.46. The van der Waals surface area contributed by atoms with Gasteiger partial charge in [-0.1, -0.05) is 15.9 Å². The largest absolute Gasteiger partial charge is 0.291 e. The third-order valence-corrected chi connectivity index (χ3v) is 2.80. The van der Waals surface area contributed by atoms with Crippen molar-refractivity contribution in [1.82, 2.24) is 0 Å². The van der Waals surface area contributed by atoms with E-state index in [1.807, 2.05) is 30.3 Å². The molecular weight excluding hydrogens is 288 g/mol. The van der Waals surface area contributed by atoms with Crippen LogP contribution in [0.25, 0.3) is 0 Å². The lowest BCUT2D eigenvalue weighted by Crippen LogP contribution is -2.08. The van der Waals surface area contributed by atoms with E-state index in [1.54, 1.807) is 6.26 Å². The maximum atomic E-state index is 8.77. The molecule has 0 saturated heterocycles. The van der Waals surface area contributed by atoms with Gasteiger partial charge in [0.2, 0.25) is 0 Å². The van der Waals surface area contributed by atoms with Crippen molar-refractivity contribution >= 4 is 44.1 Å². The van der Waals surface area contributed by atoms with Crippen molar-refractivity contribution in [2.45, 2.75) is 0 Å². The van der Waals surface area contributed by atoms with Crippen LogP contribution in [0.2, 0.25) is 0 Å². The van der Waals surface area contributed by atoms with Gasteiger partial charge >= 0.3 is 0 Å². The van der Waals surface area contributed by atoms with E-state index in [2.05, 4.69) is 26.5 Å². The van der Waals surface area contributed by atoms with Crippen LogP contribution in [-0.4, -0.2) is 17.0 Å². The topological polar surface area (TPSA) is 72.0 Å². The van der Waals surface area contributed by atoms with Crippen molar-refractivity contribution < 1.29 is 0 Å². The lowest BCUT2D eigenvalue weighted by atomic mass is 10.3. The van der Waals surface area contributed by atoms with Crippen LogP contribution in [0.1, 0.15) is 0 Å². The van der Waals surface area contributed by atoms with Gasteiger partial charge in [0.25, 0.3) is 0 Å². The third-order valence-electron chi connectivity index (χ3n) is 1.67. The molecule has 0 aliphatic heterocycles. The monoisotopic (exact) mass is 296 g/mol. The summed E-state index contributed by atoms with van der Waals surface area (Å²) in [6.45, 7) is 0. The predicted octanol–water partition coefficient (Wildman–Crippen LogP) is 3.08. The maximum absolute atomic E-state index is 8.77. The zero-order chi connectivity index (χ0) is 12.0. The Balaban J connectivity index is 2.75. The van der Waals surface area contributed by atoms with E-state index < -0.39 is 0 Å². The first-order chi connectivity index (χ1) is 7.67. The lowest BCUT2D eigenvalue weighted by molar-refractivity contribution is 1.34. The standard InChI is InChI=1S/C10H9BrN4S/c1-16-10(13)9(6-12)15-14-8-4-2-7(11)3-5-8/h2-5,13-14H,1H3/b13-10?,15-9-. The van der Waals surface area contributed by atoms with Crippen LogP contribution in [0.4, 0.5) is 5.69 Å². The van der Waals surface area contributed by atoms with Gasteiger partial charge in [0.05, 0.1) is 5.69 Å². The summed E-state index contributed by atoms with van der Waals surface area (Å²) >= 11 is 4.50. The minimum atomic E-state index is 0.0791. The van der Waals surface area contributed by atoms with Crippen molar-refractivity contribution in [3.63, 3.8) is 0 Å². The van der Waals surface area contributed by atoms with Crippen molar-refractivity contribution in [3.05, 3.63) is 28.7 Å². The lowest BCUT2D eigenvalue weighted by Gasteiger charge is -2.01. The molecule has 1 rings (SSSR count). The second kappa shape index (κ2) is 6.30. The molecule has 16 heavy (non-hydrogen) atoms. The van der Waals surface area contributed by atoms with E-state index in [9.17, 15) is 0 Å². The molecule has 0 aromatic heterocycles. The van der Waals surface area contributed by atoms with Crippen LogP contribution in [0.3, 0.4) is 0 Å². The SMILES string of the molecule is CSC(=N)/C(C#N)=N\Nc1ccc(Br)cc1. The zero-order valence-electron chi connectivity index (χ0n) is 8.49. The Morgan fingerprint density at radius 1 is 1.50 bits per heavy atom. The van der Waals surface area contributed by atoms with Gasteiger partial charge in [-0.25, -0.2) is 0 Å². The third kappa shape index (κ3) is 3.68. The van der Waals surface area contributed by atoms with Crippen LogP contribution in [0.5, 0.6) is 0 Å². The summed E-state index contributed by atoms with van der Waals surface area (Å²) in [6, 6.07) is 9.25. The summed E-state index contributed by atoms with van der Waals surface area (Å²) in [6.07, 6.45) is 1.73. The number of hydrogen-bond acceptors (Lipinski definition) is 5. The minimum absolute atomic E-state index is 0.0791. The predicted molar refractivity (Wildman–Crippen MR) is 72.1 cm³/mol. The quantitative estimate of drug-likeness (QED) is 0.511. The van der Waals surface area contributed by atoms with Crippen LogP contribution >= 0.6 is 27.7 Å². The molecule has 0 atom stereocenters. The molecule has 0 spiro atoms. The molecule has 0 aliphatic carbocycles. The molecule has 0 radical (unpaired) electrons. The summed E-state index contributed by atoms with van der Waals surface area (Å²) in [5, 5.41) is 20.2. The van der Waals surface area contributed by atoms with Crippen molar-refractivity contribution in [3.8, 4) is 6.07 Å². The Labute approximate surface area is 106 Å². The Bertz CT molecular complexity index is 447. The van der Waals surface area contributed by atoms with Crippen molar-refractivity contribution in [2.24, 2.45) is 5.10 Å². The van der Waals surface area contributed by atoms with Crippen LogP contribution in [0, 0.1) is 16.7 Å².